The average molecular weight is 779 g/mol. The van der Waals surface area contributed by atoms with E-state index in [4.69, 9.17) is 14.2 Å². The number of unbranched alkanes of at least 4 members (excludes halogenated alkanes) is 22. The van der Waals surface area contributed by atoms with E-state index >= 15 is 0 Å². The molecule has 6 atom stereocenters. The zero-order chi connectivity index (χ0) is 40.5. The maximum Gasteiger partial charge on any atom is 0.160 e. The first-order chi connectivity index (χ1) is 26.9. The molecule has 0 heterocycles. The van der Waals surface area contributed by atoms with E-state index in [2.05, 4.69) is 55.4 Å². The van der Waals surface area contributed by atoms with Gasteiger partial charge in [-0.25, -0.2) is 0 Å². The zero-order valence-electron chi connectivity index (χ0n) is 39.6. The molecule has 0 bridgehead atoms. The molecule has 0 saturated heterocycles. The molecule has 3 heteroatoms. The Labute approximate surface area is 349 Å². The molecule has 0 aromatic rings. The molecule has 3 nitrogen and oxygen atoms in total. The van der Waals surface area contributed by atoms with Gasteiger partial charge in [-0.15, -0.1) is 0 Å². The molecule has 0 radical (unpaired) electrons. The highest BCUT2D eigenvalue weighted by molar-refractivity contribution is 4.65. The topological polar surface area (TPSA) is 27.7 Å². The third-order valence-electron chi connectivity index (χ3n) is 12.4. The van der Waals surface area contributed by atoms with E-state index < -0.39 is 0 Å². The van der Waals surface area contributed by atoms with Gasteiger partial charge >= 0.3 is 0 Å². The smallest absolute Gasteiger partial charge is 0.160 e. The van der Waals surface area contributed by atoms with Crippen LogP contribution in [0, 0.1) is 23.7 Å². The summed E-state index contributed by atoms with van der Waals surface area (Å²) in [4.78, 5) is 0. The van der Waals surface area contributed by atoms with Crippen molar-refractivity contribution in [2.45, 2.75) is 299 Å². The second-order valence-corrected chi connectivity index (χ2v) is 18.8. The molecular formula is C52H106O3. The Morgan fingerprint density at radius 3 is 0.836 bits per heavy atom. The molecule has 0 saturated carbocycles. The highest BCUT2D eigenvalue weighted by atomic mass is 16.8. The lowest BCUT2D eigenvalue weighted by molar-refractivity contribution is -0.250. The van der Waals surface area contributed by atoms with Gasteiger partial charge < -0.3 is 14.2 Å². The van der Waals surface area contributed by atoms with E-state index in [1.807, 2.05) is 0 Å². The Balaban J connectivity index is 4.60. The quantitative estimate of drug-likeness (QED) is 0.0455. The molecule has 0 aromatic carbocycles. The Hall–Kier alpha value is -0.120. The van der Waals surface area contributed by atoms with Gasteiger partial charge in [-0.3, -0.25) is 0 Å². The first-order valence-electron chi connectivity index (χ1n) is 25.7. The van der Waals surface area contributed by atoms with Crippen molar-refractivity contribution in [1.29, 1.82) is 0 Å². The molecule has 0 aliphatic heterocycles. The summed E-state index contributed by atoms with van der Waals surface area (Å²) < 4.78 is 19.6. The van der Waals surface area contributed by atoms with E-state index in [0.717, 1.165) is 62.6 Å². The predicted molar refractivity (Wildman–Crippen MR) is 246 cm³/mol. The van der Waals surface area contributed by atoms with Gasteiger partial charge in [0.1, 0.15) is 0 Å². The fourth-order valence-electron chi connectivity index (χ4n) is 8.76. The molecule has 0 N–H and O–H groups in total. The second kappa shape index (κ2) is 43.5. The van der Waals surface area contributed by atoms with Crippen molar-refractivity contribution >= 4 is 0 Å². The van der Waals surface area contributed by atoms with Crippen LogP contribution in [-0.4, -0.2) is 25.8 Å². The van der Waals surface area contributed by atoms with Crippen molar-refractivity contribution in [3.8, 4) is 0 Å². The fraction of sp³-hybridized carbons (Fsp3) is 1.00. The lowest BCUT2D eigenvalue weighted by Gasteiger charge is -2.26. The number of hydrogen-bond acceptors (Lipinski definition) is 3. The summed E-state index contributed by atoms with van der Waals surface area (Å²) in [6.07, 6.45) is 47.9. The van der Waals surface area contributed by atoms with Crippen LogP contribution in [0.2, 0.25) is 0 Å². The molecule has 0 aliphatic rings. The van der Waals surface area contributed by atoms with Crippen LogP contribution in [0.5, 0.6) is 0 Å². The van der Waals surface area contributed by atoms with Crippen molar-refractivity contribution in [2.75, 3.05) is 13.2 Å². The lowest BCUT2D eigenvalue weighted by Crippen LogP contribution is -2.28. The third kappa shape index (κ3) is 40.4. The zero-order valence-corrected chi connectivity index (χ0v) is 39.6. The number of rotatable bonds is 46. The third-order valence-corrected chi connectivity index (χ3v) is 12.4. The minimum Gasteiger partial charge on any atom is -0.353 e. The van der Waals surface area contributed by atoms with E-state index in [1.165, 1.54) is 205 Å². The maximum absolute atomic E-state index is 6.73. The lowest BCUT2D eigenvalue weighted by atomic mass is 9.89. The summed E-state index contributed by atoms with van der Waals surface area (Å²) >= 11 is 0. The van der Waals surface area contributed by atoms with Crippen molar-refractivity contribution in [3.05, 3.63) is 0 Å². The highest BCUT2D eigenvalue weighted by Gasteiger charge is 2.20. The monoisotopic (exact) mass is 779 g/mol. The average Bonchev–Trinajstić information content (AvgIpc) is 3.16. The first-order valence-corrected chi connectivity index (χ1v) is 25.7. The molecule has 0 fully saturated rings. The Bertz CT molecular complexity index is 653. The fourth-order valence-corrected chi connectivity index (χ4v) is 8.76. The predicted octanol–water partition coefficient (Wildman–Crippen LogP) is 18.4. The molecule has 0 aromatic heterocycles. The summed E-state index contributed by atoms with van der Waals surface area (Å²) in [6, 6.07) is 0. The Kier molecular flexibility index (Phi) is 43.4. The maximum atomic E-state index is 6.73. The Morgan fingerprint density at radius 1 is 0.273 bits per heavy atom. The van der Waals surface area contributed by atoms with Crippen LogP contribution in [-0.2, 0) is 14.2 Å². The molecule has 0 aliphatic carbocycles. The van der Waals surface area contributed by atoms with E-state index in [1.54, 1.807) is 0 Å². The van der Waals surface area contributed by atoms with Crippen molar-refractivity contribution in [1.82, 2.24) is 0 Å². The SMILES string of the molecule is CCCCCCCCCCCCC(C)CC(C)CCCC(OCCCCC)OC(CCCC(C)CC(C)CCCCCCCCCCCC)OCCCCC. The van der Waals surface area contributed by atoms with E-state index in [0.29, 0.717) is 0 Å². The molecule has 0 amide bonds. The highest BCUT2D eigenvalue weighted by Crippen LogP contribution is 2.26. The van der Waals surface area contributed by atoms with Crippen molar-refractivity contribution < 1.29 is 14.2 Å². The summed E-state index contributed by atoms with van der Waals surface area (Å²) in [7, 11) is 0. The number of hydrogen-bond donors (Lipinski definition) is 0. The van der Waals surface area contributed by atoms with Gasteiger partial charge in [-0.2, -0.15) is 0 Å². The summed E-state index contributed by atoms with van der Waals surface area (Å²) in [5, 5.41) is 0. The van der Waals surface area contributed by atoms with Gasteiger partial charge in [0, 0.05) is 13.2 Å². The van der Waals surface area contributed by atoms with Crippen LogP contribution in [0.25, 0.3) is 0 Å². The van der Waals surface area contributed by atoms with E-state index in [-0.39, 0.29) is 12.6 Å². The van der Waals surface area contributed by atoms with Gasteiger partial charge in [0.05, 0.1) is 0 Å². The molecule has 332 valence electrons. The summed E-state index contributed by atoms with van der Waals surface area (Å²) in [6.45, 7) is 20.7. The summed E-state index contributed by atoms with van der Waals surface area (Å²) in [5.41, 5.74) is 0. The normalized spacial score (nSPS) is 15.3. The molecular weight excluding hydrogens is 673 g/mol. The molecule has 6 unspecified atom stereocenters. The van der Waals surface area contributed by atoms with Crippen LogP contribution in [0.15, 0.2) is 0 Å². The molecule has 55 heavy (non-hydrogen) atoms. The van der Waals surface area contributed by atoms with Crippen LogP contribution in [0.1, 0.15) is 287 Å². The Morgan fingerprint density at radius 2 is 0.527 bits per heavy atom. The van der Waals surface area contributed by atoms with E-state index in [9.17, 15) is 0 Å². The largest absolute Gasteiger partial charge is 0.353 e. The van der Waals surface area contributed by atoms with Crippen LogP contribution in [0.3, 0.4) is 0 Å². The van der Waals surface area contributed by atoms with Gasteiger partial charge in [-0.1, -0.05) is 235 Å². The second-order valence-electron chi connectivity index (χ2n) is 18.8. The molecule has 0 rings (SSSR count). The van der Waals surface area contributed by atoms with Gasteiger partial charge in [0.15, 0.2) is 12.6 Å². The van der Waals surface area contributed by atoms with Crippen molar-refractivity contribution in [2.24, 2.45) is 23.7 Å². The van der Waals surface area contributed by atoms with Crippen molar-refractivity contribution in [3.63, 3.8) is 0 Å². The number of ether oxygens (including phenoxy) is 3. The minimum atomic E-state index is -0.136. The van der Waals surface area contributed by atoms with Crippen LogP contribution >= 0.6 is 0 Å². The summed E-state index contributed by atoms with van der Waals surface area (Å²) in [5.74, 6) is 3.22. The standard InChI is InChI=1S/C52H106O3/c1-9-13-17-19-21-23-25-27-29-31-37-47(5)45-49(7)39-35-41-51(53-43-33-15-11-3)55-52(54-44-34-16-12-4)42-36-40-50(8)46-48(6)38-32-30-28-26-24-22-20-18-14-10-2/h47-52H,9-46H2,1-8H3. The van der Waals surface area contributed by atoms with Crippen LogP contribution < -0.4 is 0 Å². The van der Waals surface area contributed by atoms with Gasteiger partial charge in [0.25, 0.3) is 0 Å². The first kappa shape index (κ1) is 54.9. The van der Waals surface area contributed by atoms with Gasteiger partial charge in [-0.05, 0) is 75.0 Å². The van der Waals surface area contributed by atoms with Gasteiger partial charge in [0.2, 0.25) is 0 Å². The van der Waals surface area contributed by atoms with Crippen LogP contribution in [0.4, 0.5) is 0 Å². The minimum absolute atomic E-state index is 0.136. The molecule has 0 spiro atoms.